The minimum Gasteiger partial charge on any atom is -0.480 e. The van der Waals surface area contributed by atoms with E-state index in [0.29, 0.717) is 24.9 Å². The number of amides is 1. The molecule has 6 heteroatoms. The van der Waals surface area contributed by atoms with E-state index < -0.39 is 11.5 Å². The molecule has 1 aliphatic rings. The minimum absolute atomic E-state index is 0.258. The van der Waals surface area contributed by atoms with Crippen molar-refractivity contribution in [2.75, 3.05) is 6.54 Å². The number of hydrogen-bond acceptors (Lipinski definition) is 3. The highest BCUT2D eigenvalue weighted by molar-refractivity contribution is 6.00. The summed E-state index contributed by atoms with van der Waals surface area (Å²) in [4.78, 5) is 30.8. The summed E-state index contributed by atoms with van der Waals surface area (Å²) >= 11 is 0. The number of fused-ring (bicyclic) bond motifs is 1. The fourth-order valence-electron chi connectivity index (χ4n) is 3.90. The van der Waals surface area contributed by atoms with Gasteiger partial charge in [-0.05, 0) is 57.0 Å². The standard InChI is InChI=1S/C21H21N3O3/c1-14-22-17-13-15(19(25)23-12-6-11-21(23,2)20(26)27)9-10-18(17)24(14)16-7-4-3-5-8-16/h3-5,7-10,13H,6,11-12H2,1-2H3,(H,26,27). The highest BCUT2D eigenvalue weighted by Crippen LogP contribution is 2.31. The zero-order valence-electron chi connectivity index (χ0n) is 15.3. The quantitative estimate of drug-likeness (QED) is 0.774. The Kier molecular flexibility index (Phi) is 3.98. The van der Waals surface area contributed by atoms with Gasteiger partial charge in [-0.2, -0.15) is 0 Å². The van der Waals surface area contributed by atoms with Gasteiger partial charge in [0, 0.05) is 17.8 Å². The van der Waals surface area contributed by atoms with Crippen LogP contribution in [0, 0.1) is 6.92 Å². The molecular weight excluding hydrogens is 342 g/mol. The van der Waals surface area contributed by atoms with E-state index in [0.717, 1.165) is 22.5 Å². The monoisotopic (exact) mass is 363 g/mol. The van der Waals surface area contributed by atoms with Crippen molar-refractivity contribution in [2.24, 2.45) is 0 Å². The first-order chi connectivity index (χ1) is 12.9. The number of carbonyl (C=O) groups is 2. The molecule has 0 saturated carbocycles. The van der Waals surface area contributed by atoms with Gasteiger partial charge in [0.2, 0.25) is 0 Å². The van der Waals surface area contributed by atoms with Crippen molar-refractivity contribution in [3.05, 3.63) is 59.9 Å². The van der Waals surface area contributed by atoms with Crippen LogP contribution >= 0.6 is 0 Å². The van der Waals surface area contributed by atoms with Gasteiger partial charge in [0.05, 0.1) is 11.0 Å². The second kappa shape index (κ2) is 6.23. The normalized spacial score (nSPS) is 19.6. The fraction of sp³-hybridized carbons (Fsp3) is 0.286. The highest BCUT2D eigenvalue weighted by atomic mass is 16.4. The van der Waals surface area contributed by atoms with Crippen LogP contribution in [0.15, 0.2) is 48.5 Å². The van der Waals surface area contributed by atoms with Crippen molar-refractivity contribution in [1.29, 1.82) is 0 Å². The highest BCUT2D eigenvalue weighted by Gasteiger charge is 2.46. The van der Waals surface area contributed by atoms with E-state index in [2.05, 4.69) is 4.98 Å². The molecule has 2 aromatic carbocycles. The maximum Gasteiger partial charge on any atom is 0.329 e. The number of carboxylic acids is 1. The van der Waals surface area contributed by atoms with E-state index in [9.17, 15) is 14.7 Å². The lowest BCUT2D eigenvalue weighted by atomic mass is 9.98. The Bertz CT molecular complexity index is 1040. The molecule has 1 aromatic heterocycles. The number of aryl methyl sites for hydroxylation is 1. The van der Waals surface area contributed by atoms with E-state index in [1.165, 1.54) is 4.90 Å². The third-order valence-corrected chi connectivity index (χ3v) is 5.43. The van der Waals surface area contributed by atoms with Crippen LogP contribution in [0.1, 0.15) is 35.9 Å². The SMILES string of the molecule is Cc1nc2cc(C(=O)N3CCCC3(C)C(=O)O)ccc2n1-c1ccccc1. The summed E-state index contributed by atoms with van der Waals surface area (Å²) in [5.41, 5.74) is 1.96. The smallest absolute Gasteiger partial charge is 0.329 e. The molecule has 0 spiro atoms. The Morgan fingerprint density at radius 3 is 2.59 bits per heavy atom. The Morgan fingerprint density at radius 1 is 1.15 bits per heavy atom. The molecule has 0 bridgehead atoms. The van der Waals surface area contributed by atoms with E-state index in [1.807, 2.05) is 47.9 Å². The van der Waals surface area contributed by atoms with Crippen LogP contribution in [0.3, 0.4) is 0 Å². The Morgan fingerprint density at radius 2 is 1.89 bits per heavy atom. The number of benzene rings is 2. The number of aromatic nitrogens is 2. The van der Waals surface area contributed by atoms with Crippen LogP contribution in [-0.2, 0) is 4.79 Å². The molecule has 0 aliphatic carbocycles. The molecule has 1 saturated heterocycles. The molecule has 2 heterocycles. The van der Waals surface area contributed by atoms with Gasteiger partial charge < -0.3 is 10.0 Å². The molecule has 6 nitrogen and oxygen atoms in total. The lowest BCUT2D eigenvalue weighted by molar-refractivity contribution is -0.147. The van der Waals surface area contributed by atoms with E-state index in [-0.39, 0.29) is 5.91 Å². The summed E-state index contributed by atoms with van der Waals surface area (Å²) in [6.45, 7) is 4.00. The minimum atomic E-state index is -1.15. The lowest BCUT2D eigenvalue weighted by Gasteiger charge is -2.31. The average molecular weight is 363 g/mol. The van der Waals surface area contributed by atoms with Crippen LogP contribution in [-0.4, -0.2) is 43.5 Å². The van der Waals surface area contributed by atoms with Crippen LogP contribution in [0.2, 0.25) is 0 Å². The first kappa shape index (κ1) is 17.3. The zero-order valence-corrected chi connectivity index (χ0v) is 15.3. The fourth-order valence-corrected chi connectivity index (χ4v) is 3.90. The van der Waals surface area contributed by atoms with Crippen molar-refractivity contribution in [3.63, 3.8) is 0 Å². The van der Waals surface area contributed by atoms with Crippen LogP contribution in [0.4, 0.5) is 0 Å². The van der Waals surface area contributed by atoms with Gasteiger partial charge in [0.25, 0.3) is 5.91 Å². The van der Waals surface area contributed by atoms with Gasteiger partial charge in [-0.1, -0.05) is 18.2 Å². The summed E-state index contributed by atoms with van der Waals surface area (Å²) in [5, 5.41) is 9.57. The average Bonchev–Trinajstić information content (AvgIpc) is 3.21. The molecule has 27 heavy (non-hydrogen) atoms. The Hall–Kier alpha value is -3.15. The Balaban J connectivity index is 1.75. The second-order valence-electron chi connectivity index (χ2n) is 7.17. The van der Waals surface area contributed by atoms with Gasteiger partial charge in [0.1, 0.15) is 11.4 Å². The van der Waals surface area contributed by atoms with Gasteiger partial charge in [-0.3, -0.25) is 9.36 Å². The van der Waals surface area contributed by atoms with Gasteiger partial charge in [-0.25, -0.2) is 9.78 Å². The number of likely N-dealkylation sites (tertiary alicyclic amines) is 1. The first-order valence-electron chi connectivity index (χ1n) is 9.02. The van der Waals surface area contributed by atoms with Gasteiger partial charge in [0.15, 0.2) is 0 Å². The zero-order chi connectivity index (χ0) is 19.2. The number of imidazole rings is 1. The van der Waals surface area contributed by atoms with Crippen LogP contribution < -0.4 is 0 Å². The summed E-state index contributed by atoms with van der Waals surface area (Å²) in [6, 6.07) is 15.3. The topological polar surface area (TPSA) is 75.4 Å². The van der Waals surface area contributed by atoms with Crippen LogP contribution in [0.25, 0.3) is 16.7 Å². The molecule has 0 radical (unpaired) electrons. The van der Waals surface area contributed by atoms with Crippen molar-refractivity contribution in [2.45, 2.75) is 32.2 Å². The third-order valence-electron chi connectivity index (χ3n) is 5.43. The van der Waals surface area contributed by atoms with Crippen molar-refractivity contribution < 1.29 is 14.7 Å². The summed E-state index contributed by atoms with van der Waals surface area (Å²) in [5.74, 6) is -0.387. The lowest BCUT2D eigenvalue weighted by Crippen LogP contribution is -2.50. The predicted octanol–water partition coefficient (Wildman–Crippen LogP) is 3.41. The third kappa shape index (κ3) is 2.68. The molecule has 138 valence electrons. The first-order valence-corrected chi connectivity index (χ1v) is 9.02. The van der Waals surface area contributed by atoms with E-state index in [4.69, 9.17) is 0 Å². The van der Waals surface area contributed by atoms with Crippen molar-refractivity contribution >= 4 is 22.9 Å². The number of para-hydroxylation sites is 1. The number of hydrogen-bond donors (Lipinski definition) is 1. The molecule has 1 unspecified atom stereocenters. The maximum atomic E-state index is 13.0. The van der Waals surface area contributed by atoms with Crippen LogP contribution in [0.5, 0.6) is 0 Å². The molecule has 3 aromatic rings. The summed E-state index contributed by atoms with van der Waals surface area (Å²) in [7, 11) is 0. The molecule has 1 aliphatic heterocycles. The Labute approximate surface area is 157 Å². The summed E-state index contributed by atoms with van der Waals surface area (Å²) in [6.07, 6.45) is 1.16. The number of nitrogens with zero attached hydrogens (tertiary/aromatic N) is 3. The largest absolute Gasteiger partial charge is 0.480 e. The maximum absolute atomic E-state index is 13.0. The van der Waals surface area contributed by atoms with Gasteiger partial charge in [-0.15, -0.1) is 0 Å². The van der Waals surface area contributed by atoms with E-state index in [1.54, 1.807) is 19.1 Å². The van der Waals surface area contributed by atoms with Crippen molar-refractivity contribution in [1.82, 2.24) is 14.5 Å². The number of carboxylic acid groups (broad SMARTS) is 1. The second-order valence-corrected chi connectivity index (χ2v) is 7.17. The molecule has 1 N–H and O–H groups in total. The summed E-state index contributed by atoms with van der Waals surface area (Å²) < 4.78 is 2.04. The molecule has 1 amide bonds. The van der Waals surface area contributed by atoms with Crippen molar-refractivity contribution in [3.8, 4) is 5.69 Å². The molecule has 1 atom stereocenters. The molecule has 4 rings (SSSR count). The van der Waals surface area contributed by atoms with E-state index >= 15 is 0 Å². The number of rotatable bonds is 3. The number of carbonyl (C=O) groups excluding carboxylic acids is 1. The number of aliphatic carboxylic acids is 1. The molecule has 1 fully saturated rings. The van der Waals surface area contributed by atoms with Gasteiger partial charge >= 0.3 is 5.97 Å². The molecular formula is C21H21N3O3. The predicted molar refractivity (Wildman–Crippen MR) is 102 cm³/mol.